The summed E-state index contributed by atoms with van der Waals surface area (Å²) in [6.45, 7) is 3.25. The van der Waals surface area contributed by atoms with Crippen molar-refractivity contribution in [3.05, 3.63) is 47.4 Å². The van der Waals surface area contributed by atoms with Gasteiger partial charge in [-0.25, -0.2) is 0 Å². The lowest BCUT2D eigenvalue weighted by molar-refractivity contribution is 0.0668. The first-order valence-corrected chi connectivity index (χ1v) is 12.2. The predicted molar refractivity (Wildman–Crippen MR) is 122 cm³/mol. The van der Waals surface area contributed by atoms with Crippen LogP contribution in [0.3, 0.4) is 0 Å². The van der Waals surface area contributed by atoms with E-state index in [9.17, 15) is 4.79 Å². The summed E-state index contributed by atoms with van der Waals surface area (Å²) in [5, 5.41) is 12.2. The summed E-state index contributed by atoms with van der Waals surface area (Å²) in [6.07, 6.45) is 10.2. The Labute approximate surface area is 193 Å². The number of benzene rings is 1. The molecule has 0 radical (unpaired) electrons. The Bertz CT molecular complexity index is 1070. The summed E-state index contributed by atoms with van der Waals surface area (Å²) in [5.41, 5.74) is 1.48. The fourth-order valence-corrected chi connectivity index (χ4v) is 5.07. The normalized spacial score (nSPS) is 20.0. The van der Waals surface area contributed by atoms with Crippen molar-refractivity contribution in [3.8, 4) is 11.5 Å². The summed E-state index contributed by atoms with van der Waals surface area (Å²) in [6, 6.07) is 7.37. The molecule has 2 aromatic heterocycles. The van der Waals surface area contributed by atoms with Gasteiger partial charge in [-0.1, -0.05) is 30.8 Å². The number of piperidine rings is 1. The number of amides is 1. The van der Waals surface area contributed by atoms with E-state index in [1.165, 1.54) is 25.7 Å². The molecule has 8 heteroatoms. The minimum absolute atomic E-state index is 0.0534. The summed E-state index contributed by atoms with van der Waals surface area (Å²) in [5.74, 6) is 3.41. The maximum absolute atomic E-state index is 13.1. The third-order valence-corrected chi connectivity index (χ3v) is 6.88. The topological polar surface area (TPSA) is 98.2 Å². The van der Waals surface area contributed by atoms with Gasteiger partial charge in [0.25, 0.3) is 5.91 Å². The van der Waals surface area contributed by atoms with Gasteiger partial charge in [0.1, 0.15) is 0 Å². The number of rotatable bonds is 5. The molecular weight excluding hydrogens is 418 g/mol. The molecule has 3 aromatic rings. The SMILES string of the molecule is Cc1nnc(-c2ccc(C(=O)N3CCC[C@@H](Cc4nc(C5CCCCCC5)no4)C3)cc2)o1. The maximum atomic E-state index is 13.1. The van der Waals surface area contributed by atoms with Crippen LogP contribution in [0.5, 0.6) is 0 Å². The monoisotopic (exact) mass is 449 g/mol. The highest BCUT2D eigenvalue weighted by atomic mass is 16.5. The highest BCUT2D eigenvalue weighted by Gasteiger charge is 2.27. The second-order valence-corrected chi connectivity index (χ2v) is 9.40. The zero-order chi connectivity index (χ0) is 22.6. The molecule has 2 fully saturated rings. The van der Waals surface area contributed by atoms with Crippen LogP contribution in [-0.2, 0) is 6.42 Å². The van der Waals surface area contributed by atoms with Crippen LogP contribution in [0.2, 0.25) is 0 Å². The molecule has 33 heavy (non-hydrogen) atoms. The molecule has 3 heterocycles. The van der Waals surface area contributed by atoms with Crippen LogP contribution in [0.4, 0.5) is 0 Å². The van der Waals surface area contributed by atoms with Gasteiger partial charge in [-0.3, -0.25) is 4.79 Å². The van der Waals surface area contributed by atoms with E-state index < -0.39 is 0 Å². The van der Waals surface area contributed by atoms with Gasteiger partial charge in [0, 0.05) is 43.5 Å². The van der Waals surface area contributed by atoms with Crippen molar-refractivity contribution in [2.24, 2.45) is 5.92 Å². The van der Waals surface area contributed by atoms with Gasteiger partial charge in [-0.2, -0.15) is 4.98 Å². The largest absolute Gasteiger partial charge is 0.421 e. The van der Waals surface area contributed by atoms with Crippen molar-refractivity contribution in [3.63, 3.8) is 0 Å². The van der Waals surface area contributed by atoms with Gasteiger partial charge in [0.2, 0.25) is 17.7 Å². The van der Waals surface area contributed by atoms with E-state index in [2.05, 4.69) is 15.4 Å². The lowest BCUT2D eigenvalue weighted by Crippen LogP contribution is -2.40. The zero-order valence-corrected chi connectivity index (χ0v) is 19.2. The van der Waals surface area contributed by atoms with Crippen molar-refractivity contribution >= 4 is 5.91 Å². The van der Waals surface area contributed by atoms with E-state index in [1.54, 1.807) is 6.92 Å². The van der Waals surface area contributed by atoms with Crippen LogP contribution >= 0.6 is 0 Å². The van der Waals surface area contributed by atoms with Crippen molar-refractivity contribution in [1.29, 1.82) is 0 Å². The van der Waals surface area contributed by atoms with Crippen LogP contribution in [0.15, 0.2) is 33.2 Å². The fraction of sp³-hybridized carbons (Fsp3) is 0.560. The second-order valence-electron chi connectivity index (χ2n) is 9.40. The number of hydrogen-bond donors (Lipinski definition) is 0. The lowest BCUT2D eigenvalue weighted by Gasteiger charge is -2.32. The molecule has 1 saturated heterocycles. The average molecular weight is 450 g/mol. The Balaban J connectivity index is 1.19. The van der Waals surface area contributed by atoms with E-state index >= 15 is 0 Å². The molecule has 174 valence electrons. The van der Waals surface area contributed by atoms with Gasteiger partial charge in [0.05, 0.1) is 0 Å². The molecule has 2 aliphatic rings. The van der Waals surface area contributed by atoms with Crippen molar-refractivity contribution in [2.45, 2.75) is 70.6 Å². The standard InChI is InChI=1S/C25H31N5O3/c1-17-27-28-24(32-17)20-10-12-21(13-11-20)25(31)30-14-6-7-18(16-30)15-22-26-23(29-33-22)19-8-4-2-3-5-9-19/h10-13,18-19H,2-9,14-16H2,1H3/t18-/m0/s1. The zero-order valence-electron chi connectivity index (χ0n) is 19.2. The third kappa shape index (κ3) is 5.15. The first-order valence-electron chi connectivity index (χ1n) is 12.2. The summed E-state index contributed by atoms with van der Waals surface area (Å²) in [7, 11) is 0. The van der Waals surface area contributed by atoms with Gasteiger partial charge < -0.3 is 13.8 Å². The quantitative estimate of drug-likeness (QED) is 0.508. The van der Waals surface area contributed by atoms with Crippen molar-refractivity contribution in [2.75, 3.05) is 13.1 Å². The molecule has 1 aliphatic carbocycles. The number of carbonyl (C=O) groups excluding carboxylic acids is 1. The van der Waals surface area contributed by atoms with Crippen LogP contribution in [0, 0.1) is 12.8 Å². The number of carbonyl (C=O) groups is 1. The van der Waals surface area contributed by atoms with Gasteiger partial charge in [-0.05, 0) is 55.9 Å². The minimum Gasteiger partial charge on any atom is -0.421 e. The van der Waals surface area contributed by atoms with Crippen LogP contribution in [0.1, 0.15) is 85.2 Å². The third-order valence-electron chi connectivity index (χ3n) is 6.88. The van der Waals surface area contributed by atoms with E-state index in [-0.39, 0.29) is 5.91 Å². The molecule has 0 unspecified atom stereocenters. The number of nitrogens with zero attached hydrogens (tertiary/aromatic N) is 5. The first kappa shape index (κ1) is 21.8. The van der Waals surface area contributed by atoms with E-state index in [1.807, 2.05) is 29.2 Å². The highest BCUT2D eigenvalue weighted by molar-refractivity contribution is 5.94. The minimum atomic E-state index is 0.0534. The maximum Gasteiger partial charge on any atom is 0.253 e. The second kappa shape index (κ2) is 9.85. The number of aryl methyl sites for hydroxylation is 1. The van der Waals surface area contributed by atoms with Gasteiger partial charge in [0.15, 0.2) is 5.82 Å². The number of likely N-dealkylation sites (tertiary alicyclic amines) is 1. The molecule has 1 aliphatic heterocycles. The van der Waals surface area contributed by atoms with Gasteiger partial charge >= 0.3 is 0 Å². The first-order chi connectivity index (χ1) is 16.2. The molecule has 1 saturated carbocycles. The molecule has 0 spiro atoms. The number of hydrogen-bond acceptors (Lipinski definition) is 7. The summed E-state index contributed by atoms with van der Waals surface area (Å²) in [4.78, 5) is 19.8. The van der Waals surface area contributed by atoms with Crippen LogP contribution in [0.25, 0.3) is 11.5 Å². The molecule has 1 amide bonds. The van der Waals surface area contributed by atoms with Crippen molar-refractivity contribution in [1.82, 2.24) is 25.2 Å². The molecule has 8 nitrogen and oxygen atoms in total. The van der Waals surface area contributed by atoms with E-state index in [0.29, 0.717) is 41.6 Å². The Kier molecular flexibility index (Phi) is 6.51. The Morgan fingerprint density at radius 1 is 1.03 bits per heavy atom. The molecule has 5 rings (SSSR count). The molecule has 1 aromatic carbocycles. The Hall–Kier alpha value is -3.03. The molecular formula is C25H31N5O3. The summed E-state index contributed by atoms with van der Waals surface area (Å²) >= 11 is 0. The van der Waals surface area contributed by atoms with E-state index in [4.69, 9.17) is 13.9 Å². The molecule has 0 bridgehead atoms. The van der Waals surface area contributed by atoms with E-state index in [0.717, 1.165) is 50.0 Å². The lowest BCUT2D eigenvalue weighted by atomic mass is 9.94. The van der Waals surface area contributed by atoms with Crippen LogP contribution < -0.4 is 0 Å². The van der Waals surface area contributed by atoms with Crippen molar-refractivity contribution < 1.29 is 13.7 Å². The van der Waals surface area contributed by atoms with Crippen LogP contribution in [-0.4, -0.2) is 44.2 Å². The van der Waals surface area contributed by atoms with Gasteiger partial charge in [-0.15, -0.1) is 10.2 Å². The molecule has 1 atom stereocenters. The highest BCUT2D eigenvalue weighted by Crippen LogP contribution is 2.30. The Morgan fingerprint density at radius 3 is 2.55 bits per heavy atom. The Morgan fingerprint density at radius 2 is 1.82 bits per heavy atom. The summed E-state index contributed by atoms with van der Waals surface area (Å²) < 4.78 is 11.1. The average Bonchev–Trinajstić information content (AvgIpc) is 3.40. The smallest absolute Gasteiger partial charge is 0.253 e. The molecule has 0 N–H and O–H groups in total. The predicted octanol–water partition coefficient (Wildman–Crippen LogP) is 4.96. The number of aromatic nitrogens is 4. The fourth-order valence-electron chi connectivity index (χ4n) is 5.07.